The van der Waals surface area contributed by atoms with Gasteiger partial charge in [0.2, 0.25) is 0 Å². The van der Waals surface area contributed by atoms with Crippen LogP contribution in [-0.2, 0) is 0 Å². The lowest BCUT2D eigenvalue weighted by atomic mass is 10.3. The van der Waals surface area contributed by atoms with Crippen molar-refractivity contribution in [3.63, 3.8) is 0 Å². The zero-order valence-electron chi connectivity index (χ0n) is 8.30. The largest absolute Gasteiger partial charge is 0.115 e. The van der Waals surface area contributed by atoms with Gasteiger partial charge in [0.05, 0.1) is 0 Å². The Morgan fingerprint density at radius 1 is 1.42 bits per heavy atom. The minimum absolute atomic E-state index is 0.709. The summed E-state index contributed by atoms with van der Waals surface area (Å²) in [6.07, 6.45) is 13.8. The van der Waals surface area contributed by atoms with E-state index in [1.54, 1.807) is 0 Å². The van der Waals surface area contributed by atoms with Crippen LogP contribution >= 0.6 is 0 Å². The Kier molecular flexibility index (Phi) is 13.9. The lowest BCUT2D eigenvalue weighted by Crippen LogP contribution is -1.62. The molecule has 0 aliphatic carbocycles. The lowest BCUT2D eigenvalue weighted by molar-refractivity contribution is 1.22. The summed E-state index contributed by atoms with van der Waals surface area (Å²) in [4.78, 5) is 0. The second kappa shape index (κ2) is 12.5. The van der Waals surface area contributed by atoms with Crippen LogP contribution in [0.3, 0.4) is 0 Å². The van der Waals surface area contributed by atoms with E-state index in [1.165, 1.54) is 0 Å². The maximum Gasteiger partial charge on any atom is 0.0170 e. The van der Waals surface area contributed by atoms with Gasteiger partial charge in [-0.2, -0.15) is 0 Å². The van der Waals surface area contributed by atoms with Crippen LogP contribution in [0.1, 0.15) is 27.2 Å². The smallest absolute Gasteiger partial charge is 0.0170 e. The van der Waals surface area contributed by atoms with Crippen molar-refractivity contribution in [1.29, 1.82) is 0 Å². The van der Waals surface area contributed by atoms with Gasteiger partial charge in [0.1, 0.15) is 0 Å². The molecular weight excluding hydrogens is 144 g/mol. The summed E-state index contributed by atoms with van der Waals surface area (Å²) in [5, 5.41) is 0. The highest BCUT2D eigenvalue weighted by Crippen LogP contribution is 1.89. The molecule has 0 spiro atoms. The molecule has 0 aromatic rings. The van der Waals surface area contributed by atoms with Gasteiger partial charge in [-0.25, -0.2) is 0 Å². The van der Waals surface area contributed by atoms with Crippen LogP contribution in [-0.4, -0.2) is 0 Å². The Morgan fingerprint density at radius 2 is 2.00 bits per heavy atom. The molecule has 0 heteroatoms. The SMILES string of the molecule is C#CC(=C)/C=C\C=C/CC.CC. The van der Waals surface area contributed by atoms with Crippen molar-refractivity contribution in [1.82, 2.24) is 0 Å². The first-order valence-electron chi connectivity index (χ1n) is 4.30. The van der Waals surface area contributed by atoms with E-state index < -0.39 is 0 Å². The van der Waals surface area contributed by atoms with Gasteiger partial charge in [-0.05, 0) is 12.5 Å². The van der Waals surface area contributed by atoms with Crippen molar-refractivity contribution in [2.75, 3.05) is 0 Å². The van der Waals surface area contributed by atoms with Gasteiger partial charge in [-0.3, -0.25) is 0 Å². The first-order valence-corrected chi connectivity index (χ1v) is 4.30. The molecule has 0 saturated heterocycles. The maximum atomic E-state index is 5.06. The molecule has 0 atom stereocenters. The third kappa shape index (κ3) is 11.6. The molecular formula is C12H18. The number of terminal acetylenes is 1. The van der Waals surface area contributed by atoms with Crippen LogP contribution in [0.4, 0.5) is 0 Å². The Balaban J connectivity index is 0. The van der Waals surface area contributed by atoms with Crippen LogP contribution in [0.2, 0.25) is 0 Å². The second-order valence-corrected chi connectivity index (χ2v) is 1.87. The topological polar surface area (TPSA) is 0 Å². The van der Waals surface area contributed by atoms with Crippen molar-refractivity contribution in [2.45, 2.75) is 27.2 Å². The normalized spacial score (nSPS) is 9.17. The lowest BCUT2D eigenvalue weighted by Gasteiger charge is -1.79. The number of rotatable bonds is 3. The van der Waals surface area contributed by atoms with E-state index in [-0.39, 0.29) is 0 Å². The summed E-state index contributed by atoms with van der Waals surface area (Å²) in [5.41, 5.74) is 0.709. The molecule has 0 aromatic heterocycles. The quantitative estimate of drug-likeness (QED) is 0.438. The molecule has 12 heavy (non-hydrogen) atoms. The third-order valence-corrected chi connectivity index (χ3v) is 0.966. The molecule has 0 aromatic carbocycles. The average Bonchev–Trinajstić information content (AvgIpc) is 2.15. The van der Waals surface area contributed by atoms with Gasteiger partial charge >= 0.3 is 0 Å². The van der Waals surface area contributed by atoms with E-state index in [9.17, 15) is 0 Å². The maximum absolute atomic E-state index is 5.06. The molecule has 0 rings (SSSR count). The Hall–Kier alpha value is -1.22. The molecule has 0 bridgehead atoms. The van der Waals surface area contributed by atoms with Crippen molar-refractivity contribution in [3.8, 4) is 12.3 Å². The molecule has 0 aliphatic rings. The van der Waals surface area contributed by atoms with E-state index >= 15 is 0 Å². The summed E-state index contributed by atoms with van der Waals surface area (Å²) in [7, 11) is 0. The van der Waals surface area contributed by atoms with Crippen molar-refractivity contribution < 1.29 is 0 Å². The molecule has 66 valence electrons. The Morgan fingerprint density at radius 3 is 2.42 bits per heavy atom. The molecule has 0 aliphatic heterocycles. The predicted molar refractivity (Wildman–Crippen MR) is 57.9 cm³/mol. The van der Waals surface area contributed by atoms with E-state index in [0.29, 0.717) is 5.57 Å². The van der Waals surface area contributed by atoms with Gasteiger partial charge in [0.15, 0.2) is 0 Å². The van der Waals surface area contributed by atoms with Crippen molar-refractivity contribution >= 4 is 0 Å². The van der Waals surface area contributed by atoms with E-state index in [1.807, 2.05) is 32.1 Å². The highest BCUT2D eigenvalue weighted by Gasteiger charge is 1.72. The van der Waals surface area contributed by atoms with Gasteiger partial charge in [-0.1, -0.05) is 51.5 Å². The highest BCUT2D eigenvalue weighted by molar-refractivity contribution is 5.34. The van der Waals surface area contributed by atoms with Crippen LogP contribution in [0.25, 0.3) is 0 Å². The van der Waals surface area contributed by atoms with Gasteiger partial charge in [0.25, 0.3) is 0 Å². The van der Waals surface area contributed by atoms with Crippen LogP contribution in [0.5, 0.6) is 0 Å². The van der Waals surface area contributed by atoms with Crippen LogP contribution in [0.15, 0.2) is 36.5 Å². The van der Waals surface area contributed by atoms with E-state index in [4.69, 9.17) is 6.42 Å². The molecule has 0 nitrogen and oxygen atoms in total. The Bertz CT molecular complexity index is 187. The third-order valence-electron chi connectivity index (χ3n) is 0.966. The standard InChI is InChI=1S/C10H12.C2H6/c1-4-6-7-8-9-10(3)5-2;1-2/h2,6-9H,3-4H2,1H3;1-2H3/b7-6-,9-8-;. The zero-order valence-corrected chi connectivity index (χ0v) is 8.30. The Labute approximate surface area is 76.7 Å². The summed E-state index contributed by atoms with van der Waals surface area (Å²) >= 11 is 0. The number of hydrogen-bond donors (Lipinski definition) is 0. The molecule has 0 fully saturated rings. The van der Waals surface area contributed by atoms with E-state index in [0.717, 1.165) is 6.42 Å². The monoisotopic (exact) mass is 162 g/mol. The average molecular weight is 162 g/mol. The summed E-state index contributed by atoms with van der Waals surface area (Å²) < 4.78 is 0. The van der Waals surface area contributed by atoms with Gasteiger partial charge in [-0.15, -0.1) is 6.42 Å². The van der Waals surface area contributed by atoms with Crippen LogP contribution < -0.4 is 0 Å². The number of hydrogen-bond acceptors (Lipinski definition) is 0. The molecule has 0 saturated carbocycles. The molecule has 0 heterocycles. The molecule has 0 amide bonds. The van der Waals surface area contributed by atoms with Gasteiger partial charge < -0.3 is 0 Å². The summed E-state index contributed by atoms with van der Waals surface area (Å²) in [5.74, 6) is 2.43. The first kappa shape index (κ1) is 13.4. The molecule has 0 N–H and O–H groups in total. The predicted octanol–water partition coefficient (Wildman–Crippen LogP) is 3.72. The fourth-order valence-corrected chi connectivity index (χ4v) is 0.434. The van der Waals surface area contributed by atoms with Crippen molar-refractivity contribution in [3.05, 3.63) is 36.5 Å². The minimum atomic E-state index is 0.709. The number of allylic oxidation sites excluding steroid dienone is 5. The first-order chi connectivity index (χ1) is 5.81. The summed E-state index contributed by atoms with van der Waals surface area (Å²) in [6.45, 7) is 9.70. The fourth-order valence-electron chi connectivity index (χ4n) is 0.434. The second-order valence-electron chi connectivity index (χ2n) is 1.87. The van der Waals surface area contributed by atoms with Crippen LogP contribution in [0, 0.1) is 12.3 Å². The fraction of sp³-hybridized carbons (Fsp3) is 0.333. The van der Waals surface area contributed by atoms with Gasteiger partial charge in [0, 0.05) is 5.57 Å². The highest BCUT2D eigenvalue weighted by atomic mass is 13.8. The van der Waals surface area contributed by atoms with E-state index in [2.05, 4.69) is 25.5 Å². The summed E-state index contributed by atoms with van der Waals surface area (Å²) in [6, 6.07) is 0. The molecule has 0 unspecified atom stereocenters. The minimum Gasteiger partial charge on any atom is -0.115 e. The molecule has 0 radical (unpaired) electrons. The van der Waals surface area contributed by atoms with Crippen molar-refractivity contribution in [2.24, 2.45) is 0 Å². The zero-order chi connectivity index (χ0) is 9.82.